The molecule has 1 N–H and O–H groups in total. The third-order valence-electron chi connectivity index (χ3n) is 3.83. The molecule has 27 heavy (non-hydrogen) atoms. The van der Waals surface area contributed by atoms with Crippen molar-refractivity contribution in [2.24, 2.45) is 4.99 Å². The topological polar surface area (TPSA) is 65.8 Å². The van der Waals surface area contributed by atoms with Gasteiger partial charge in [-0.3, -0.25) is 4.79 Å². The molecule has 7 nitrogen and oxygen atoms in total. The number of hydrogen-bond donors (Lipinski definition) is 1. The minimum absolute atomic E-state index is 0. The number of nitrogens with one attached hydrogen (secondary N) is 1. The minimum Gasteiger partial charge on any atom is -0.356 e. The van der Waals surface area contributed by atoms with E-state index >= 15 is 0 Å². The first-order valence-corrected chi connectivity index (χ1v) is 8.79. The zero-order chi connectivity index (χ0) is 18.9. The summed E-state index contributed by atoms with van der Waals surface area (Å²) in [7, 11) is 5.43. The number of carbonyl (C=O) groups is 1. The fraction of sp³-hybridized carbons (Fsp3) is 0.421. The van der Waals surface area contributed by atoms with Gasteiger partial charge in [-0.15, -0.1) is 24.0 Å². The summed E-state index contributed by atoms with van der Waals surface area (Å²) >= 11 is 0. The van der Waals surface area contributed by atoms with Crippen LogP contribution in [0.1, 0.15) is 18.9 Å². The van der Waals surface area contributed by atoms with Crippen LogP contribution >= 0.6 is 24.0 Å². The SMILES string of the molecule is CCCNC(=NCC(=O)N(C)C)N(C)Cc1cnn(-c2ccccc2)c1.I. The summed E-state index contributed by atoms with van der Waals surface area (Å²) in [4.78, 5) is 19.8. The Morgan fingerprint density at radius 3 is 2.56 bits per heavy atom. The number of nitrogens with zero attached hydrogens (tertiary/aromatic N) is 5. The van der Waals surface area contributed by atoms with E-state index in [1.165, 1.54) is 0 Å². The average Bonchev–Trinajstić information content (AvgIpc) is 3.10. The van der Waals surface area contributed by atoms with Gasteiger partial charge >= 0.3 is 0 Å². The van der Waals surface area contributed by atoms with Crippen LogP contribution in [0.4, 0.5) is 0 Å². The van der Waals surface area contributed by atoms with Gasteiger partial charge in [0.05, 0.1) is 11.9 Å². The van der Waals surface area contributed by atoms with Crippen LogP contribution < -0.4 is 5.32 Å². The number of benzene rings is 1. The summed E-state index contributed by atoms with van der Waals surface area (Å²) in [5.74, 6) is 0.695. The molecule has 8 heteroatoms. The molecule has 1 heterocycles. The van der Waals surface area contributed by atoms with E-state index in [-0.39, 0.29) is 36.4 Å². The molecule has 0 aliphatic heterocycles. The third kappa shape index (κ3) is 7.20. The Labute approximate surface area is 178 Å². The number of carbonyl (C=O) groups excluding carboxylic acids is 1. The Balaban J connectivity index is 0.00000364. The standard InChI is InChI=1S/C19H28N6O.HI/c1-5-11-20-19(21-13-18(26)23(2)3)24(4)14-16-12-22-25(15-16)17-9-7-6-8-10-17;/h6-10,12,15H,5,11,13-14H2,1-4H3,(H,20,21);1H. The Bertz CT molecular complexity index is 729. The predicted octanol–water partition coefficient (Wildman–Crippen LogP) is 2.37. The van der Waals surface area contributed by atoms with Crippen molar-refractivity contribution in [2.45, 2.75) is 19.9 Å². The molecule has 1 aromatic carbocycles. The van der Waals surface area contributed by atoms with E-state index in [0.717, 1.165) is 30.2 Å². The van der Waals surface area contributed by atoms with Crippen LogP contribution in [-0.4, -0.2) is 65.7 Å². The lowest BCUT2D eigenvalue weighted by Crippen LogP contribution is -2.39. The van der Waals surface area contributed by atoms with Gasteiger partial charge < -0.3 is 15.1 Å². The highest BCUT2D eigenvalue weighted by Gasteiger charge is 2.10. The van der Waals surface area contributed by atoms with E-state index in [1.54, 1.807) is 19.0 Å². The summed E-state index contributed by atoms with van der Waals surface area (Å²) in [5, 5.41) is 7.73. The number of hydrogen-bond acceptors (Lipinski definition) is 3. The first-order valence-electron chi connectivity index (χ1n) is 8.79. The molecule has 0 atom stereocenters. The van der Waals surface area contributed by atoms with Crippen LogP contribution in [0.5, 0.6) is 0 Å². The maximum Gasteiger partial charge on any atom is 0.243 e. The van der Waals surface area contributed by atoms with Gasteiger partial charge in [0.15, 0.2) is 5.96 Å². The molecule has 1 aromatic heterocycles. The second-order valence-electron chi connectivity index (χ2n) is 6.34. The zero-order valence-electron chi connectivity index (χ0n) is 16.4. The first kappa shape index (κ1) is 22.9. The number of aliphatic imine (C=N–C) groups is 1. The summed E-state index contributed by atoms with van der Waals surface area (Å²) in [6.07, 6.45) is 4.85. The molecule has 0 aliphatic carbocycles. The molecule has 0 saturated carbocycles. The Morgan fingerprint density at radius 2 is 1.93 bits per heavy atom. The molecular formula is C19H29IN6O. The van der Waals surface area contributed by atoms with Crippen molar-refractivity contribution < 1.29 is 4.79 Å². The zero-order valence-corrected chi connectivity index (χ0v) is 18.8. The number of guanidine groups is 1. The van der Waals surface area contributed by atoms with E-state index in [4.69, 9.17) is 0 Å². The lowest BCUT2D eigenvalue weighted by atomic mass is 10.3. The fourth-order valence-corrected chi connectivity index (χ4v) is 2.34. The van der Waals surface area contributed by atoms with Crippen LogP contribution in [0, 0.1) is 0 Å². The van der Waals surface area contributed by atoms with E-state index in [0.29, 0.717) is 6.54 Å². The van der Waals surface area contributed by atoms with Gasteiger partial charge in [0.1, 0.15) is 6.54 Å². The molecule has 0 fully saturated rings. The van der Waals surface area contributed by atoms with Gasteiger partial charge in [-0.05, 0) is 18.6 Å². The lowest BCUT2D eigenvalue weighted by Gasteiger charge is -2.22. The van der Waals surface area contributed by atoms with Crippen LogP contribution in [0.2, 0.25) is 0 Å². The molecule has 2 rings (SSSR count). The minimum atomic E-state index is -0.0221. The molecule has 0 aliphatic rings. The van der Waals surface area contributed by atoms with Crippen molar-refractivity contribution in [3.63, 3.8) is 0 Å². The van der Waals surface area contributed by atoms with Gasteiger partial charge in [0, 0.05) is 46.0 Å². The molecule has 0 radical (unpaired) electrons. The van der Waals surface area contributed by atoms with Crippen molar-refractivity contribution in [1.82, 2.24) is 24.9 Å². The first-order chi connectivity index (χ1) is 12.5. The highest BCUT2D eigenvalue weighted by molar-refractivity contribution is 14.0. The number of para-hydroxylation sites is 1. The molecular weight excluding hydrogens is 455 g/mol. The Hall–Kier alpha value is -2.10. The van der Waals surface area contributed by atoms with E-state index < -0.39 is 0 Å². The van der Waals surface area contributed by atoms with Crippen molar-refractivity contribution in [2.75, 3.05) is 34.2 Å². The molecule has 0 spiro atoms. The molecule has 0 unspecified atom stereocenters. The number of halogens is 1. The van der Waals surface area contributed by atoms with E-state index in [2.05, 4.69) is 22.3 Å². The van der Waals surface area contributed by atoms with Crippen molar-refractivity contribution in [3.8, 4) is 5.69 Å². The quantitative estimate of drug-likeness (QED) is 0.373. The summed E-state index contributed by atoms with van der Waals surface area (Å²) in [6, 6.07) is 10.00. The summed E-state index contributed by atoms with van der Waals surface area (Å²) in [6.45, 7) is 3.69. The maximum atomic E-state index is 11.8. The van der Waals surface area contributed by atoms with Crippen molar-refractivity contribution >= 4 is 35.8 Å². The summed E-state index contributed by atoms with van der Waals surface area (Å²) in [5.41, 5.74) is 2.09. The lowest BCUT2D eigenvalue weighted by molar-refractivity contribution is -0.127. The maximum absolute atomic E-state index is 11.8. The van der Waals surface area contributed by atoms with Gasteiger partial charge in [0.2, 0.25) is 5.91 Å². The third-order valence-corrected chi connectivity index (χ3v) is 3.83. The highest BCUT2D eigenvalue weighted by Crippen LogP contribution is 2.09. The highest BCUT2D eigenvalue weighted by atomic mass is 127. The predicted molar refractivity (Wildman–Crippen MR) is 120 cm³/mol. The molecule has 0 bridgehead atoms. The monoisotopic (exact) mass is 484 g/mol. The summed E-state index contributed by atoms with van der Waals surface area (Å²) < 4.78 is 1.86. The van der Waals surface area contributed by atoms with E-state index in [9.17, 15) is 4.79 Å². The second-order valence-corrected chi connectivity index (χ2v) is 6.34. The smallest absolute Gasteiger partial charge is 0.243 e. The van der Waals surface area contributed by atoms with Crippen molar-refractivity contribution in [3.05, 3.63) is 48.3 Å². The van der Waals surface area contributed by atoms with Gasteiger partial charge in [-0.2, -0.15) is 5.10 Å². The number of rotatable bonds is 7. The second kappa shape index (κ2) is 11.6. The van der Waals surface area contributed by atoms with Crippen LogP contribution in [0.3, 0.4) is 0 Å². The molecule has 1 amide bonds. The largest absolute Gasteiger partial charge is 0.356 e. The fourth-order valence-electron chi connectivity index (χ4n) is 2.34. The van der Waals surface area contributed by atoms with E-state index in [1.807, 2.05) is 59.4 Å². The van der Waals surface area contributed by atoms with Gasteiger partial charge in [-0.25, -0.2) is 9.67 Å². The molecule has 148 valence electrons. The van der Waals surface area contributed by atoms with Crippen molar-refractivity contribution in [1.29, 1.82) is 0 Å². The van der Waals surface area contributed by atoms with Crippen LogP contribution in [-0.2, 0) is 11.3 Å². The Kier molecular flexibility index (Phi) is 9.84. The van der Waals surface area contributed by atoms with Crippen LogP contribution in [0.25, 0.3) is 5.69 Å². The molecule has 0 saturated heterocycles. The van der Waals surface area contributed by atoms with Gasteiger partial charge in [0.25, 0.3) is 0 Å². The number of amides is 1. The molecule has 2 aromatic rings. The Morgan fingerprint density at radius 1 is 1.22 bits per heavy atom. The number of aromatic nitrogens is 2. The average molecular weight is 484 g/mol. The normalized spacial score (nSPS) is 10.9. The van der Waals surface area contributed by atoms with Crippen LogP contribution in [0.15, 0.2) is 47.7 Å². The van der Waals surface area contributed by atoms with Gasteiger partial charge in [-0.1, -0.05) is 25.1 Å². The number of likely N-dealkylation sites (N-methyl/N-ethyl adjacent to an activating group) is 1.